The highest BCUT2D eigenvalue weighted by molar-refractivity contribution is 7.98. The van der Waals surface area contributed by atoms with Crippen LogP contribution >= 0.6 is 11.8 Å². The summed E-state index contributed by atoms with van der Waals surface area (Å²) in [4.78, 5) is 0. The van der Waals surface area contributed by atoms with Crippen molar-refractivity contribution >= 4 is 11.8 Å². The summed E-state index contributed by atoms with van der Waals surface area (Å²) in [6, 6.07) is 0. The molecule has 0 atom stereocenters. The fraction of sp³-hybridized carbons (Fsp3) is 0.800. The Morgan fingerprint density at radius 3 is 2.47 bits per heavy atom. The Labute approximate surface area is 95.6 Å². The molecule has 1 rings (SSSR count). The fourth-order valence-electron chi connectivity index (χ4n) is 1.53. The van der Waals surface area contributed by atoms with Gasteiger partial charge in [0.05, 0.1) is 0 Å². The Kier molecular flexibility index (Phi) is 4.16. The van der Waals surface area contributed by atoms with E-state index in [1.165, 1.54) is 0 Å². The van der Waals surface area contributed by atoms with Crippen molar-refractivity contribution in [2.75, 3.05) is 12.8 Å². The van der Waals surface area contributed by atoms with E-state index >= 15 is 0 Å². The van der Waals surface area contributed by atoms with Gasteiger partial charge < -0.3 is 10.3 Å². The van der Waals surface area contributed by atoms with E-state index in [2.05, 4.69) is 35.5 Å². The van der Waals surface area contributed by atoms with Gasteiger partial charge in [-0.1, -0.05) is 11.8 Å². The number of aromatic nitrogens is 3. The number of nitrogens with zero attached hydrogens (tertiary/aromatic N) is 3. The predicted octanol–water partition coefficient (Wildman–Crippen LogP) is 1.65. The van der Waals surface area contributed by atoms with E-state index in [1.807, 2.05) is 6.26 Å². The average Bonchev–Trinajstić information content (AvgIpc) is 2.56. The Bertz CT molecular complexity index is 314. The van der Waals surface area contributed by atoms with Crippen molar-refractivity contribution in [3.8, 4) is 0 Å². The molecule has 0 radical (unpaired) electrons. The normalized spacial score (nSPS) is 12.1. The summed E-state index contributed by atoms with van der Waals surface area (Å²) in [5.41, 5.74) is 5.55. The molecule has 0 saturated heterocycles. The quantitative estimate of drug-likeness (QED) is 0.796. The van der Waals surface area contributed by atoms with Gasteiger partial charge in [-0.15, -0.1) is 10.2 Å². The molecule has 2 N–H and O–H groups in total. The summed E-state index contributed by atoms with van der Waals surface area (Å²) in [6.07, 6.45) is 3.89. The SMILES string of the molecule is CSc1nnc(CCCN)n1C(C)(C)C. The summed E-state index contributed by atoms with van der Waals surface area (Å²) in [7, 11) is 0. The van der Waals surface area contributed by atoms with Crippen LogP contribution in [0.1, 0.15) is 33.0 Å². The van der Waals surface area contributed by atoms with Gasteiger partial charge in [0.25, 0.3) is 0 Å². The van der Waals surface area contributed by atoms with Crippen LogP contribution in [0.25, 0.3) is 0 Å². The second-order valence-electron chi connectivity index (χ2n) is 4.50. The van der Waals surface area contributed by atoms with Crippen LogP contribution in [0.3, 0.4) is 0 Å². The van der Waals surface area contributed by atoms with Gasteiger partial charge in [-0.25, -0.2) is 0 Å². The third-order valence-corrected chi connectivity index (χ3v) is 2.79. The molecule has 0 saturated carbocycles. The number of thioether (sulfide) groups is 1. The lowest BCUT2D eigenvalue weighted by molar-refractivity contribution is 0.354. The van der Waals surface area contributed by atoms with E-state index in [9.17, 15) is 0 Å². The highest BCUT2D eigenvalue weighted by atomic mass is 32.2. The van der Waals surface area contributed by atoms with E-state index in [1.54, 1.807) is 11.8 Å². The number of hydrogen-bond acceptors (Lipinski definition) is 4. The van der Waals surface area contributed by atoms with Crippen molar-refractivity contribution in [2.24, 2.45) is 5.73 Å². The molecule has 0 aliphatic heterocycles. The smallest absolute Gasteiger partial charge is 0.191 e. The first kappa shape index (κ1) is 12.5. The average molecular weight is 228 g/mol. The number of nitrogens with two attached hydrogens (primary N) is 1. The molecule has 0 aliphatic carbocycles. The van der Waals surface area contributed by atoms with E-state index in [0.29, 0.717) is 6.54 Å². The van der Waals surface area contributed by atoms with Crippen molar-refractivity contribution in [3.63, 3.8) is 0 Å². The Hall–Kier alpha value is -0.550. The highest BCUT2D eigenvalue weighted by Crippen LogP contribution is 2.24. The van der Waals surface area contributed by atoms with Gasteiger partial charge in [-0.05, 0) is 40.0 Å². The summed E-state index contributed by atoms with van der Waals surface area (Å²) in [6.45, 7) is 7.21. The van der Waals surface area contributed by atoms with Crippen LogP contribution in [-0.2, 0) is 12.0 Å². The molecule has 0 unspecified atom stereocenters. The lowest BCUT2D eigenvalue weighted by Crippen LogP contribution is -2.25. The molecule has 5 heteroatoms. The molecule has 0 fully saturated rings. The number of rotatable bonds is 4. The second kappa shape index (κ2) is 4.99. The maximum Gasteiger partial charge on any atom is 0.191 e. The van der Waals surface area contributed by atoms with Crippen LogP contribution in [0.15, 0.2) is 5.16 Å². The molecule has 1 heterocycles. The molecular weight excluding hydrogens is 208 g/mol. The van der Waals surface area contributed by atoms with Crippen LogP contribution in [0.4, 0.5) is 0 Å². The minimum absolute atomic E-state index is 0.0335. The van der Waals surface area contributed by atoms with Crippen LogP contribution < -0.4 is 5.73 Å². The van der Waals surface area contributed by atoms with E-state index in [-0.39, 0.29) is 5.54 Å². The molecule has 1 aromatic rings. The fourth-order valence-corrected chi connectivity index (χ4v) is 2.21. The first-order valence-electron chi connectivity index (χ1n) is 5.19. The van der Waals surface area contributed by atoms with Gasteiger partial charge >= 0.3 is 0 Å². The van der Waals surface area contributed by atoms with E-state index < -0.39 is 0 Å². The summed E-state index contributed by atoms with van der Waals surface area (Å²) < 4.78 is 2.20. The second-order valence-corrected chi connectivity index (χ2v) is 5.27. The highest BCUT2D eigenvalue weighted by Gasteiger charge is 2.21. The van der Waals surface area contributed by atoms with Crippen molar-refractivity contribution in [2.45, 2.75) is 44.3 Å². The molecule has 1 aromatic heterocycles. The molecular formula is C10H20N4S. The van der Waals surface area contributed by atoms with Gasteiger partial charge in [0.2, 0.25) is 0 Å². The van der Waals surface area contributed by atoms with Gasteiger partial charge in [-0.2, -0.15) is 0 Å². The van der Waals surface area contributed by atoms with Crippen molar-refractivity contribution in [1.82, 2.24) is 14.8 Å². The van der Waals surface area contributed by atoms with E-state index in [4.69, 9.17) is 5.73 Å². The topological polar surface area (TPSA) is 56.7 Å². The van der Waals surface area contributed by atoms with Crippen LogP contribution in [-0.4, -0.2) is 27.6 Å². The lowest BCUT2D eigenvalue weighted by Gasteiger charge is -2.24. The molecule has 0 aromatic carbocycles. The molecule has 0 spiro atoms. The van der Waals surface area contributed by atoms with Crippen LogP contribution in [0.5, 0.6) is 0 Å². The third-order valence-electron chi connectivity index (χ3n) is 2.16. The molecule has 86 valence electrons. The van der Waals surface area contributed by atoms with Crippen molar-refractivity contribution in [3.05, 3.63) is 5.82 Å². The first-order chi connectivity index (χ1) is 7.00. The van der Waals surface area contributed by atoms with E-state index in [0.717, 1.165) is 23.8 Å². The Morgan fingerprint density at radius 2 is 2.00 bits per heavy atom. The summed E-state index contributed by atoms with van der Waals surface area (Å²) >= 11 is 1.63. The monoisotopic (exact) mass is 228 g/mol. The number of aryl methyl sites for hydroxylation is 1. The van der Waals surface area contributed by atoms with Gasteiger partial charge in [0.15, 0.2) is 5.16 Å². The minimum atomic E-state index is 0.0335. The Balaban J connectivity index is 3.01. The molecule has 0 aliphatic rings. The molecule has 0 bridgehead atoms. The first-order valence-corrected chi connectivity index (χ1v) is 6.42. The maximum atomic E-state index is 5.51. The zero-order chi connectivity index (χ0) is 11.5. The molecule has 4 nitrogen and oxygen atoms in total. The van der Waals surface area contributed by atoms with Gasteiger partial charge in [0, 0.05) is 12.0 Å². The van der Waals surface area contributed by atoms with Crippen molar-refractivity contribution in [1.29, 1.82) is 0 Å². The van der Waals surface area contributed by atoms with Crippen molar-refractivity contribution < 1.29 is 0 Å². The zero-order valence-corrected chi connectivity index (χ0v) is 10.8. The predicted molar refractivity (Wildman–Crippen MR) is 64.2 cm³/mol. The molecule has 0 amide bonds. The number of hydrogen-bond donors (Lipinski definition) is 1. The minimum Gasteiger partial charge on any atom is -0.330 e. The van der Waals surface area contributed by atoms with Crippen LogP contribution in [0, 0.1) is 0 Å². The largest absolute Gasteiger partial charge is 0.330 e. The summed E-state index contributed by atoms with van der Waals surface area (Å²) in [5.74, 6) is 1.04. The van der Waals surface area contributed by atoms with Crippen LogP contribution in [0.2, 0.25) is 0 Å². The third kappa shape index (κ3) is 2.95. The Morgan fingerprint density at radius 1 is 1.33 bits per heavy atom. The maximum absolute atomic E-state index is 5.51. The molecule has 15 heavy (non-hydrogen) atoms. The van der Waals surface area contributed by atoms with Gasteiger partial charge in [-0.3, -0.25) is 0 Å². The lowest BCUT2D eigenvalue weighted by atomic mass is 10.1. The summed E-state index contributed by atoms with van der Waals surface area (Å²) in [5, 5.41) is 9.40. The standard InChI is InChI=1S/C10H20N4S/c1-10(2,3)14-8(6-5-7-11)12-13-9(14)15-4/h5-7,11H2,1-4H3. The zero-order valence-electron chi connectivity index (χ0n) is 9.95. The van der Waals surface area contributed by atoms with Gasteiger partial charge in [0.1, 0.15) is 5.82 Å².